The summed E-state index contributed by atoms with van der Waals surface area (Å²) in [5.74, 6) is 1.26. The van der Waals surface area contributed by atoms with Crippen LogP contribution in [-0.2, 0) is 9.53 Å². The van der Waals surface area contributed by atoms with Gasteiger partial charge in [0.15, 0.2) is 0 Å². The Labute approximate surface area is 175 Å². The van der Waals surface area contributed by atoms with Crippen LogP contribution in [0.2, 0.25) is 5.02 Å². The summed E-state index contributed by atoms with van der Waals surface area (Å²) in [7, 11) is 5.14. The number of carbonyl (C=O) groups is 1. The van der Waals surface area contributed by atoms with Crippen molar-refractivity contribution in [3.05, 3.63) is 64.8 Å². The van der Waals surface area contributed by atoms with E-state index in [2.05, 4.69) is 11.0 Å². The van der Waals surface area contributed by atoms with Gasteiger partial charge < -0.3 is 14.4 Å². The average Bonchev–Trinajstić information content (AvgIpc) is 2.73. The van der Waals surface area contributed by atoms with Gasteiger partial charge >= 0.3 is 5.97 Å². The predicted octanol–water partition coefficient (Wildman–Crippen LogP) is 4.98. The lowest BCUT2D eigenvalue weighted by atomic mass is 9.88. The van der Waals surface area contributed by atoms with Crippen molar-refractivity contribution in [1.82, 2.24) is 4.90 Å². The molecule has 4 nitrogen and oxygen atoms in total. The third-order valence-corrected chi connectivity index (χ3v) is 6.17. The second-order valence-electron chi connectivity index (χ2n) is 6.70. The molecule has 1 aliphatic rings. The van der Waals surface area contributed by atoms with Gasteiger partial charge in [0.1, 0.15) is 5.75 Å². The number of thioether (sulfide) groups is 1. The van der Waals surface area contributed by atoms with Gasteiger partial charge in [-0.15, -0.1) is 11.8 Å². The van der Waals surface area contributed by atoms with E-state index in [1.165, 1.54) is 12.8 Å². The number of allylic oxidation sites excluding steroid dienone is 1. The summed E-state index contributed by atoms with van der Waals surface area (Å²) in [4.78, 5) is 15.5. The van der Waals surface area contributed by atoms with E-state index in [9.17, 15) is 4.79 Å². The minimum atomic E-state index is -0.180. The van der Waals surface area contributed by atoms with E-state index in [1.807, 2.05) is 49.5 Å². The Bertz CT molecular complexity index is 866. The molecule has 0 bridgehead atoms. The van der Waals surface area contributed by atoms with E-state index in [4.69, 9.17) is 21.1 Å². The number of hydrogen-bond acceptors (Lipinski definition) is 5. The molecule has 2 aromatic rings. The maximum Gasteiger partial charge on any atom is 0.310 e. The van der Waals surface area contributed by atoms with Crippen LogP contribution in [0.15, 0.2) is 59.1 Å². The predicted molar refractivity (Wildman–Crippen MR) is 115 cm³/mol. The van der Waals surface area contributed by atoms with Crippen LogP contribution in [0.1, 0.15) is 12.0 Å². The third-order valence-electron chi connectivity index (χ3n) is 4.90. The first-order chi connectivity index (χ1) is 13.5. The molecule has 148 valence electrons. The van der Waals surface area contributed by atoms with Gasteiger partial charge in [-0.25, -0.2) is 0 Å². The second kappa shape index (κ2) is 9.39. The Balaban J connectivity index is 1.94. The minimum Gasteiger partial charge on any atom is -0.497 e. The van der Waals surface area contributed by atoms with Crippen LogP contribution >= 0.6 is 23.4 Å². The summed E-state index contributed by atoms with van der Waals surface area (Å²) < 4.78 is 10.4. The highest BCUT2D eigenvalue weighted by molar-refractivity contribution is 7.99. The SMILES string of the molecule is COC(=O)C1CC(c2cccc(OC)c2)=C(CSc2ccc(Cl)cc2)N(C)C1. The molecule has 3 rings (SSSR count). The number of nitrogens with zero attached hydrogens (tertiary/aromatic N) is 1. The molecule has 0 aromatic heterocycles. The molecule has 1 aliphatic heterocycles. The zero-order chi connectivity index (χ0) is 20.1. The lowest BCUT2D eigenvalue weighted by Crippen LogP contribution is -2.36. The molecule has 28 heavy (non-hydrogen) atoms. The summed E-state index contributed by atoms with van der Waals surface area (Å²) in [5.41, 5.74) is 3.45. The molecule has 0 saturated carbocycles. The fourth-order valence-corrected chi connectivity index (χ4v) is 4.55. The molecule has 6 heteroatoms. The van der Waals surface area contributed by atoms with Crippen LogP contribution in [0, 0.1) is 5.92 Å². The molecule has 0 aliphatic carbocycles. The third kappa shape index (κ3) is 4.83. The Morgan fingerprint density at radius 3 is 2.64 bits per heavy atom. The second-order valence-corrected chi connectivity index (χ2v) is 8.19. The Morgan fingerprint density at radius 2 is 1.96 bits per heavy atom. The van der Waals surface area contributed by atoms with E-state index in [1.54, 1.807) is 18.9 Å². The van der Waals surface area contributed by atoms with Crippen LogP contribution in [0.25, 0.3) is 5.57 Å². The number of methoxy groups -OCH3 is 2. The number of carbonyl (C=O) groups excluding carboxylic acids is 1. The van der Waals surface area contributed by atoms with Gasteiger partial charge in [0.05, 0.1) is 20.1 Å². The molecule has 1 heterocycles. The molecule has 1 unspecified atom stereocenters. The van der Waals surface area contributed by atoms with Gasteiger partial charge in [-0.05, 0) is 54.0 Å². The Morgan fingerprint density at radius 1 is 1.21 bits per heavy atom. The Hall–Kier alpha value is -2.11. The van der Waals surface area contributed by atoms with Crippen molar-refractivity contribution in [2.75, 3.05) is 33.6 Å². The van der Waals surface area contributed by atoms with Crippen molar-refractivity contribution in [2.24, 2.45) is 5.92 Å². The number of esters is 1. The topological polar surface area (TPSA) is 38.8 Å². The first-order valence-electron chi connectivity index (χ1n) is 9.05. The molecule has 1 atom stereocenters. The van der Waals surface area contributed by atoms with E-state index >= 15 is 0 Å². The van der Waals surface area contributed by atoms with E-state index < -0.39 is 0 Å². The van der Waals surface area contributed by atoms with Crippen molar-refractivity contribution < 1.29 is 14.3 Å². The molecule has 0 radical (unpaired) electrons. The first-order valence-corrected chi connectivity index (χ1v) is 10.4. The fraction of sp³-hybridized carbons (Fsp3) is 0.318. The van der Waals surface area contributed by atoms with Crippen LogP contribution in [0.5, 0.6) is 5.75 Å². The molecular formula is C22H24ClNO3S. The van der Waals surface area contributed by atoms with Gasteiger partial charge in [-0.1, -0.05) is 23.7 Å². The average molecular weight is 418 g/mol. The normalized spacial score (nSPS) is 16.9. The Kier molecular flexibility index (Phi) is 6.92. The van der Waals surface area contributed by atoms with E-state index in [0.717, 1.165) is 32.6 Å². The lowest BCUT2D eigenvalue weighted by molar-refractivity contribution is -0.145. The summed E-state index contributed by atoms with van der Waals surface area (Å²) in [5, 5.41) is 0.733. The van der Waals surface area contributed by atoms with Gasteiger partial charge in [0.25, 0.3) is 0 Å². The fourth-order valence-electron chi connectivity index (χ4n) is 3.40. The maximum absolute atomic E-state index is 12.2. The highest BCUT2D eigenvalue weighted by atomic mass is 35.5. The van der Waals surface area contributed by atoms with E-state index in [0.29, 0.717) is 13.0 Å². The molecule has 0 N–H and O–H groups in total. The van der Waals surface area contributed by atoms with Crippen molar-refractivity contribution in [3.63, 3.8) is 0 Å². The zero-order valence-corrected chi connectivity index (χ0v) is 17.8. The highest BCUT2D eigenvalue weighted by Gasteiger charge is 2.30. The van der Waals surface area contributed by atoms with Crippen LogP contribution < -0.4 is 4.74 Å². The van der Waals surface area contributed by atoms with Crippen molar-refractivity contribution in [2.45, 2.75) is 11.3 Å². The quantitative estimate of drug-likeness (QED) is 0.489. The summed E-state index contributed by atoms with van der Waals surface area (Å²) in [6.45, 7) is 0.649. The first kappa shape index (κ1) is 20.6. The summed E-state index contributed by atoms with van der Waals surface area (Å²) in [6.07, 6.45) is 0.653. The van der Waals surface area contributed by atoms with Gasteiger partial charge in [0, 0.05) is 35.0 Å². The molecule has 0 saturated heterocycles. The molecule has 0 fully saturated rings. The van der Waals surface area contributed by atoms with Crippen LogP contribution in [-0.4, -0.2) is 44.4 Å². The van der Waals surface area contributed by atoms with Gasteiger partial charge in [0.2, 0.25) is 0 Å². The van der Waals surface area contributed by atoms with Crippen molar-refractivity contribution >= 4 is 34.9 Å². The summed E-state index contributed by atoms with van der Waals surface area (Å²) in [6, 6.07) is 15.9. The number of ether oxygens (including phenoxy) is 2. The van der Waals surface area contributed by atoms with Gasteiger partial charge in [-0.3, -0.25) is 4.79 Å². The van der Waals surface area contributed by atoms with Crippen LogP contribution in [0.4, 0.5) is 0 Å². The number of benzene rings is 2. The van der Waals surface area contributed by atoms with Crippen molar-refractivity contribution in [3.8, 4) is 5.75 Å². The minimum absolute atomic E-state index is 0.170. The van der Waals surface area contributed by atoms with Crippen LogP contribution in [0.3, 0.4) is 0 Å². The molecule has 0 amide bonds. The lowest BCUT2D eigenvalue weighted by Gasteiger charge is -2.35. The highest BCUT2D eigenvalue weighted by Crippen LogP contribution is 2.37. The summed E-state index contributed by atoms with van der Waals surface area (Å²) >= 11 is 7.75. The smallest absolute Gasteiger partial charge is 0.310 e. The molecular weight excluding hydrogens is 394 g/mol. The van der Waals surface area contributed by atoms with Crippen molar-refractivity contribution in [1.29, 1.82) is 0 Å². The standard InChI is InChI=1S/C22H24ClNO3S/c1-24-13-16(22(25)27-3)12-20(15-5-4-6-18(11-15)26-2)21(24)14-28-19-9-7-17(23)8-10-19/h4-11,16H,12-14H2,1-3H3. The molecule has 2 aromatic carbocycles. The van der Waals surface area contributed by atoms with E-state index in [-0.39, 0.29) is 11.9 Å². The molecule has 0 spiro atoms. The number of hydrogen-bond donors (Lipinski definition) is 0. The maximum atomic E-state index is 12.2. The monoisotopic (exact) mass is 417 g/mol. The zero-order valence-electron chi connectivity index (χ0n) is 16.3. The number of halogens is 1. The van der Waals surface area contributed by atoms with Gasteiger partial charge in [-0.2, -0.15) is 0 Å². The largest absolute Gasteiger partial charge is 0.497 e. The number of rotatable bonds is 6.